The Balaban J connectivity index is 1.68. The van der Waals surface area contributed by atoms with E-state index in [0.717, 1.165) is 12.8 Å². The average molecular weight is 261 g/mol. The number of aliphatic hydroxyl groups excluding tert-OH is 1. The normalized spacial score (nSPS) is 24.6. The zero-order chi connectivity index (χ0) is 13.9. The third kappa shape index (κ3) is 3.35. The fourth-order valence-corrected chi connectivity index (χ4v) is 2.51. The highest BCUT2D eigenvalue weighted by Gasteiger charge is 2.47. The molecule has 3 nitrogen and oxygen atoms in total. The Hall–Kier alpha value is -1.35. The molecule has 0 aromatic heterocycles. The molecule has 1 amide bonds. The molecule has 2 N–H and O–H groups in total. The molecule has 0 heterocycles. The van der Waals surface area contributed by atoms with Gasteiger partial charge in [0, 0.05) is 17.9 Å². The lowest BCUT2D eigenvalue weighted by Crippen LogP contribution is -2.61. The minimum atomic E-state index is -0.290. The van der Waals surface area contributed by atoms with Gasteiger partial charge >= 0.3 is 0 Å². The maximum absolute atomic E-state index is 11.8. The highest BCUT2D eigenvalue weighted by molar-refractivity contribution is 5.76. The van der Waals surface area contributed by atoms with E-state index < -0.39 is 0 Å². The highest BCUT2D eigenvalue weighted by Crippen LogP contribution is 2.40. The Labute approximate surface area is 115 Å². The molecule has 2 unspecified atom stereocenters. The van der Waals surface area contributed by atoms with E-state index in [1.807, 2.05) is 32.0 Å². The van der Waals surface area contributed by atoms with Crippen LogP contribution in [0.3, 0.4) is 0 Å². The number of carbonyl (C=O) groups is 1. The van der Waals surface area contributed by atoms with Crippen molar-refractivity contribution in [2.45, 2.75) is 51.7 Å². The summed E-state index contributed by atoms with van der Waals surface area (Å²) in [5, 5.41) is 12.7. The largest absolute Gasteiger partial charge is 0.392 e. The van der Waals surface area contributed by atoms with Gasteiger partial charge in [-0.25, -0.2) is 0 Å². The third-order valence-corrected chi connectivity index (χ3v) is 4.26. The van der Waals surface area contributed by atoms with Crippen molar-refractivity contribution < 1.29 is 9.90 Å². The molecule has 1 fully saturated rings. The van der Waals surface area contributed by atoms with Crippen LogP contribution in [0.4, 0.5) is 0 Å². The number of aliphatic hydroxyl groups is 1. The lowest BCUT2D eigenvalue weighted by molar-refractivity contribution is -0.129. The molecule has 0 spiro atoms. The molecule has 0 saturated heterocycles. The summed E-state index contributed by atoms with van der Waals surface area (Å²) in [4.78, 5) is 11.8. The first kappa shape index (κ1) is 14.1. The van der Waals surface area contributed by atoms with E-state index in [9.17, 15) is 9.90 Å². The van der Waals surface area contributed by atoms with Gasteiger partial charge in [-0.15, -0.1) is 0 Å². The zero-order valence-corrected chi connectivity index (χ0v) is 11.7. The minimum absolute atomic E-state index is 0.0981. The Morgan fingerprint density at radius 3 is 2.63 bits per heavy atom. The van der Waals surface area contributed by atoms with Gasteiger partial charge in [0.25, 0.3) is 0 Å². The molecule has 0 aliphatic heterocycles. The molecule has 0 bridgehead atoms. The molecule has 1 saturated carbocycles. The van der Waals surface area contributed by atoms with Crippen molar-refractivity contribution in [1.29, 1.82) is 0 Å². The predicted molar refractivity (Wildman–Crippen MR) is 75.7 cm³/mol. The monoisotopic (exact) mass is 261 g/mol. The number of aryl methyl sites for hydroxylation is 1. The summed E-state index contributed by atoms with van der Waals surface area (Å²) in [6.45, 7) is 3.99. The van der Waals surface area contributed by atoms with E-state index in [1.54, 1.807) is 0 Å². The molecule has 1 aliphatic rings. The molecular formula is C16H23NO2. The lowest BCUT2D eigenvalue weighted by Gasteiger charge is -2.49. The fraction of sp³-hybridized carbons (Fsp3) is 0.562. The van der Waals surface area contributed by atoms with Gasteiger partial charge in [-0.3, -0.25) is 4.79 Å². The number of carbonyl (C=O) groups excluding carboxylic acids is 1. The van der Waals surface area contributed by atoms with E-state index in [-0.39, 0.29) is 23.5 Å². The van der Waals surface area contributed by atoms with Crippen LogP contribution in [0.5, 0.6) is 0 Å². The van der Waals surface area contributed by atoms with Gasteiger partial charge in [0.15, 0.2) is 0 Å². The molecule has 1 aliphatic carbocycles. The van der Waals surface area contributed by atoms with E-state index in [4.69, 9.17) is 0 Å². The molecule has 19 heavy (non-hydrogen) atoms. The van der Waals surface area contributed by atoms with E-state index in [2.05, 4.69) is 17.4 Å². The molecule has 3 heteroatoms. The summed E-state index contributed by atoms with van der Waals surface area (Å²) in [6.07, 6.45) is 2.74. The smallest absolute Gasteiger partial charge is 0.220 e. The maximum atomic E-state index is 11.8. The molecule has 104 valence electrons. The van der Waals surface area contributed by atoms with Crippen LogP contribution in [0.15, 0.2) is 30.3 Å². The van der Waals surface area contributed by atoms with Gasteiger partial charge in [-0.05, 0) is 24.8 Å². The van der Waals surface area contributed by atoms with Crippen LogP contribution in [0.1, 0.15) is 38.7 Å². The first-order valence-electron chi connectivity index (χ1n) is 7.01. The number of hydrogen-bond acceptors (Lipinski definition) is 2. The van der Waals surface area contributed by atoms with Crippen LogP contribution in [0.25, 0.3) is 0 Å². The van der Waals surface area contributed by atoms with E-state index in [0.29, 0.717) is 12.8 Å². The highest BCUT2D eigenvalue weighted by atomic mass is 16.3. The standard InChI is InChI=1S/C16H23NO2/c1-16(2)13(11-14(16)18)17-15(19)10-6-9-12-7-4-3-5-8-12/h3-5,7-8,13-14,18H,6,9-11H2,1-2H3,(H,17,19). The Morgan fingerprint density at radius 1 is 1.37 bits per heavy atom. The van der Waals surface area contributed by atoms with Gasteiger partial charge < -0.3 is 10.4 Å². The number of amides is 1. The van der Waals surface area contributed by atoms with Crippen LogP contribution in [-0.2, 0) is 11.2 Å². The van der Waals surface area contributed by atoms with E-state index >= 15 is 0 Å². The molecule has 1 aromatic carbocycles. The van der Waals surface area contributed by atoms with Crippen molar-refractivity contribution in [2.24, 2.45) is 5.41 Å². The van der Waals surface area contributed by atoms with Crippen molar-refractivity contribution in [1.82, 2.24) is 5.32 Å². The average Bonchev–Trinajstić information content (AvgIpc) is 2.39. The first-order valence-corrected chi connectivity index (χ1v) is 7.01. The Morgan fingerprint density at radius 2 is 2.05 bits per heavy atom. The van der Waals surface area contributed by atoms with Crippen LogP contribution in [-0.4, -0.2) is 23.2 Å². The van der Waals surface area contributed by atoms with E-state index in [1.165, 1.54) is 5.56 Å². The van der Waals surface area contributed by atoms with Gasteiger partial charge in [0.05, 0.1) is 6.10 Å². The zero-order valence-electron chi connectivity index (χ0n) is 11.7. The molecule has 0 radical (unpaired) electrons. The number of hydrogen-bond donors (Lipinski definition) is 2. The van der Waals surface area contributed by atoms with Crippen LogP contribution in [0.2, 0.25) is 0 Å². The van der Waals surface area contributed by atoms with Gasteiger partial charge in [0.1, 0.15) is 0 Å². The first-order chi connectivity index (χ1) is 9.00. The van der Waals surface area contributed by atoms with Crippen molar-refractivity contribution in [3.63, 3.8) is 0 Å². The Bertz CT molecular complexity index is 428. The third-order valence-electron chi connectivity index (χ3n) is 4.26. The van der Waals surface area contributed by atoms with Gasteiger partial charge in [0.2, 0.25) is 5.91 Å². The summed E-state index contributed by atoms with van der Waals surface area (Å²) < 4.78 is 0. The summed E-state index contributed by atoms with van der Waals surface area (Å²) in [7, 11) is 0. The molecule has 2 atom stereocenters. The number of rotatable bonds is 5. The predicted octanol–water partition coefficient (Wildman–Crippen LogP) is 2.28. The summed E-state index contributed by atoms with van der Waals surface area (Å²) >= 11 is 0. The SMILES string of the molecule is CC1(C)C(O)CC1NC(=O)CCCc1ccccc1. The lowest BCUT2D eigenvalue weighted by atomic mass is 9.64. The quantitative estimate of drug-likeness (QED) is 0.854. The second kappa shape index (κ2) is 5.74. The summed E-state index contributed by atoms with van der Waals surface area (Å²) in [5.41, 5.74) is 1.09. The van der Waals surface area contributed by atoms with Crippen molar-refractivity contribution in [3.05, 3.63) is 35.9 Å². The van der Waals surface area contributed by atoms with Crippen LogP contribution in [0, 0.1) is 5.41 Å². The van der Waals surface area contributed by atoms with Crippen molar-refractivity contribution in [3.8, 4) is 0 Å². The molecular weight excluding hydrogens is 238 g/mol. The second-order valence-corrected chi connectivity index (χ2v) is 6.03. The minimum Gasteiger partial charge on any atom is -0.392 e. The van der Waals surface area contributed by atoms with Gasteiger partial charge in [-0.1, -0.05) is 44.2 Å². The van der Waals surface area contributed by atoms with Crippen molar-refractivity contribution in [2.75, 3.05) is 0 Å². The van der Waals surface area contributed by atoms with Crippen LogP contribution >= 0.6 is 0 Å². The molecule has 2 rings (SSSR count). The maximum Gasteiger partial charge on any atom is 0.220 e. The Kier molecular flexibility index (Phi) is 4.25. The number of benzene rings is 1. The number of nitrogens with one attached hydrogen (secondary N) is 1. The summed E-state index contributed by atoms with van der Waals surface area (Å²) in [5.74, 6) is 0.0981. The second-order valence-electron chi connectivity index (χ2n) is 6.03. The molecule has 1 aromatic rings. The summed E-state index contributed by atoms with van der Waals surface area (Å²) in [6, 6.07) is 10.3. The fourth-order valence-electron chi connectivity index (χ4n) is 2.51. The topological polar surface area (TPSA) is 49.3 Å². The van der Waals surface area contributed by atoms with Gasteiger partial charge in [-0.2, -0.15) is 0 Å². The van der Waals surface area contributed by atoms with Crippen molar-refractivity contribution >= 4 is 5.91 Å². The van der Waals surface area contributed by atoms with Crippen LogP contribution < -0.4 is 5.32 Å².